The van der Waals surface area contributed by atoms with Crippen molar-refractivity contribution in [3.05, 3.63) is 0 Å². The molecule has 0 saturated carbocycles. The molecule has 1 heterocycles. The summed E-state index contributed by atoms with van der Waals surface area (Å²) < 4.78 is 0. The summed E-state index contributed by atoms with van der Waals surface area (Å²) >= 11 is 0. The molecule has 0 amide bonds. The summed E-state index contributed by atoms with van der Waals surface area (Å²) in [5.41, 5.74) is 0. The molecule has 3 heteroatoms. The molecule has 1 aliphatic heterocycles. The fourth-order valence-corrected chi connectivity index (χ4v) is 2.96. The first-order chi connectivity index (χ1) is 8.99. The quantitative estimate of drug-likeness (QED) is 0.693. The molecule has 0 aromatic heterocycles. The first kappa shape index (κ1) is 16.9. The highest BCUT2D eigenvalue weighted by atomic mass is 15.2. The van der Waals surface area contributed by atoms with E-state index in [0.29, 0.717) is 6.04 Å². The minimum atomic E-state index is 0.664. The Hall–Kier alpha value is -0.120. The number of hydrogen-bond acceptors (Lipinski definition) is 3. The zero-order chi connectivity index (χ0) is 14.3. The van der Waals surface area contributed by atoms with Crippen LogP contribution < -0.4 is 5.32 Å². The first-order valence-corrected chi connectivity index (χ1v) is 8.11. The third kappa shape index (κ3) is 7.28. The van der Waals surface area contributed by atoms with Crippen LogP contribution in [0.3, 0.4) is 0 Å². The van der Waals surface area contributed by atoms with E-state index in [1.807, 2.05) is 0 Å². The Kier molecular flexibility index (Phi) is 7.96. The largest absolute Gasteiger partial charge is 0.313 e. The number of likely N-dealkylation sites (tertiary alicyclic amines) is 1. The summed E-state index contributed by atoms with van der Waals surface area (Å²) in [6.45, 7) is 11.8. The lowest BCUT2D eigenvalue weighted by Crippen LogP contribution is -2.42. The van der Waals surface area contributed by atoms with Crippen molar-refractivity contribution in [1.29, 1.82) is 0 Å². The Morgan fingerprint density at radius 1 is 1.21 bits per heavy atom. The van der Waals surface area contributed by atoms with Gasteiger partial charge in [0.1, 0.15) is 0 Å². The summed E-state index contributed by atoms with van der Waals surface area (Å²) in [5.74, 6) is 0.826. The summed E-state index contributed by atoms with van der Waals surface area (Å²) in [6.07, 6.45) is 5.39. The zero-order valence-corrected chi connectivity index (χ0v) is 13.8. The van der Waals surface area contributed by atoms with E-state index in [0.717, 1.165) is 18.5 Å². The number of rotatable bonds is 9. The second-order valence-electron chi connectivity index (χ2n) is 6.92. The van der Waals surface area contributed by atoms with Gasteiger partial charge in [-0.15, -0.1) is 0 Å². The van der Waals surface area contributed by atoms with Crippen LogP contribution in [0.25, 0.3) is 0 Å². The minimum Gasteiger partial charge on any atom is -0.313 e. The molecule has 1 rings (SSSR count). The molecule has 0 aromatic carbocycles. The van der Waals surface area contributed by atoms with E-state index < -0.39 is 0 Å². The summed E-state index contributed by atoms with van der Waals surface area (Å²) in [7, 11) is 4.37. The van der Waals surface area contributed by atoms with Gasteiger partial charge in [-0.3, -0.25) is 4.90 Å². The van der Waals surface area contributed by atoms with Gasteiger partial charge in [0, 0.05) is 31.7 Å². The van der Waals surface area contributed by atoms with Crippen LogP contribution in [0.4, 0.5) is 0 Å². The average Bonchev–Trinajstić information content (AvgIpc) is 2.73. The van der Waals surface area contributed by atoms with Crippen molar-refractivity contribution in [3.63, 3.8) is 0 Å². The van der Waals surface area contributed by atoms with Crippen molar-refractivity contribution >= 4 is 0 Å². The molecule has 1 N–H and O–H groups in total. The monoisotopic (exact) mass is 269 g/mol. The molecule has 2 unspecified atom stereocenters. The maximum Gasteiger partial charge on any atom is 0.0223 e. The lowest BCUT2D eigenvalue weighted by Gasteiger charge is -2.27. The van der Waals surface area contributed by atoms with E-state index in [1.54, 1.807) is 0 Å². The van der Waals surface area contributed by atoms with Crippen LogP contribution in [0.1, 0.15) is 46.5 Å². The molecule has 0 aliphatic carbocycles. The standard InChI is InChI=1S/C16H35N3/c1-14(2)8-9-15(3)17-10-12-19-11-6-7-16(19)13-18(4)5/h14-17H,6-13H2,1-5H3. The van der Waals surface area contributed by atoms with Crippen LogP contribution in [-0.4, -0.2) is 62.2 Å². The smallest absolute Gasteiger partial charge is 0.0223 e. The van der Waals surface area contributed by atoms with Crippen LogP contribution in [-0.2, 0) is 0 Å². The second kappa shape index (κ2) is 8.93. The van der Waals surface area contributed by atoms with Crippen molar-refractivity contribution in [2.45, 2.75) is 58.5 Å². The number of nitrogens with one attached hydrogen (secondary N) is 1. The maximum absolute atomic E-state index is 3.68. The second-order valence-corrected chi connectivity index (χ2v) is 6.92. The molecule has 0 bridgehead atoms. The fraction of sp³-hybridized carbons (Fsp3) is 1.00. The Morgan fingerprint density at radius 3 is 2.58 bits per heavy atom. The van der Waals surface area contributed by atoms with Gasteiger partial charge in [0.05, 0.1) is 0 Å². The molecule has 1 saturated heterocycles. The van der Waals surface area contributed by atoms with E-state index in [4.69, 9.17) is 0 Å². The van der Waals surface area contributed by atoms with E-state index in [9.17, 15) is 0 Å². The maximum atomic E-state index is 3.68. The number of nitrogens with zero attached hydrogens (tertiary/aromatic N) is 2. The van der Waals surface area contributed by atoms with Crippen molar-refractivity contribution in [2.24, 2.45) is 5.92 Å². The van der Waals surface area contributed by atoms with E-state index in [-0.39, 0.29) is 0 Å². The van der Waals surface area contributed by atoms with Crippen LogP contribution in [0.2, 0.25) is 0 Å². The normalized spacial score (nSPS) is 22.6. The van der Waals surface area contributed by atoms with Gasteiger partial charge in [-0.2, -0.15) is 0 Å². The van der Waals surface area contributed by atoms with Gasteiger partial charge in [0.2, 0.25) is 0 Å². The van der Waals surface area contributed by atoms with Gasteiger partial charge in [0.15, 0.2) is 0 Å². The Balaban J connectivity index is 2.14. The van der Waals surface area contributed by atoms with Crippen LogP contribution in [0.15, 0.2) is 0 Å². The van der Waals surface area contributed by atoms with E-state index in [1.165, 1.54) is 45.3 Å². The lowest BCUT2D eigenvalue weighted by atomic mass is 10.0. The van der Waals surface area contributed by atoms with Gasteiger partial charge in [-0.25, -0.2) is 0 Å². The molecule has 1 aliphatic rings. The van der Waals surface area contributed by atoms with Crippen LogP contribution in [0, 0.1) is 5.92 Å². The molecule has 0 aromatic rings. The van der Waals surface area contributed by atoms with Crippen molar-refractivity contribution < 1.29 is 0 Å². The first-order valence-electron chi connectivity index (χ1n) is 8.11. The number of likely N-dealkylation sites (N-methyl/N-ethyl adjacent to an activating group) is 1. The SMILES string of the molecule is CC(C)CCC(C)NCCN1CCCC1CN(C)C. The Labute approximate surface area is 120 Å². The summed E-state index contributed by atoms with van der Waals surface area (Å²) in [6, 6.07) is 1.44. The number of hydrogen-bond donors (Lipinski definition) is 1. The third-order valence-corrected chi connectivity index (χ3v) is 4.14. The van der Waals surface area contributed by atoms with Crippen molar-refractivity contribution in [2.75, 3.05) is 40.3 Å². The molecular weight excluding hydrogens is 234 g/mol. The molecule has 3 nitrogen and oxygen atoms in total. The third-order valence-electron chi connectivity index (χ3n) is 4.14. The molecule has 0 spiro atoms. The minimum absolute atomic E-state index is 0.664. The predicted molar refractivity (Wildman–Crippen MR) is 84.7 cm³/mol. The molecule has 114 valence electrons. The molecule has 2 atom stereocenters. The van der Waals surface area contributed by atoms with Gasteiger partial charge in [-0.1, -0.05) is 13.8 Å². The average molecular weight is 269 g/mol. The van der Waals surface area contributed by atoms with Crippen LogP contribution in [0.5, 0.6) is 0 Å². The molecule has 0 radical (unpaired) electrons. The topological polar surface area (TPSA) is 18.5 Å². The van der Waals surface area contributed by atoms with Gasteiger partial charge < -0.3 is 10.2 Å². The highest BCUT2D eigenvalue weighted by Crippen LogP contribution is 2.16. The van der Waals surface area contributed by atoms with E-state index in [2.05, 4.69) is 50.0 Å². The van der Waals surface area contributed by atoms with Gasteiger partial charge in [0.25, 0.3) is 0 Å². The Bertz CT molecular complexity index is 228. The van der Waals surface area contributed by atoms with E-state index >= 15 is 0 Å². The summed E-state index contributed by atoms with van der Waals surface area (Å²) in [5, 5.41) is 3.68. The van der Waals surface area contributed by atoms with Gasteiger partial charge in [-0.05, 0) is 59.2 Å². The Morgan fingerprint density at radius 2 is 1.95 bits per heavy atom. The summed E-state index contributed by atoms with van der Waals surface area (Å²) in [4.78, 5) is 4.99. The van der Waals surface area contributed by atoms with Crippen molar-refractivity contribution in [1.82, 2.24) is 15.1 Å². The predicted octanol–water partition coefficient (Wildman–Crippen LogP) is 2.43. The van der Waals surface area contributed by atoms with Gasteiger partial charge >= 0.3 is 0 Å². The fourth-order valence-electron chi connectivity index (χ4n) is 2.96. The van der Waals surface area contributed by atoms with Crippen molar-refractivity contribution in [3.8, 4) is 0 Å². The lowest BCUT2D eigenvalue weighted by molar-refractivity contribution is 0.206. The molecule has 19 heavy (non-hydrogen) atoms. The zero-order valence-electron chi connectivity index (χ0n) is 13.8. The molecule has 1 fully saturated rings. The molecular formula is C16H35N3. The highest BCUT2D eigenvalue weighted by molar-refractivity contribution is 4.81. The van der Waals surface area contributed by atoms with Crippen LogP contribution >= 0.6 is 0 Å². The highest BCUT2D eigenvalue weighted by Gasteiger charge is 2.24.